The Hall–Kier alpha value is -0.990. The minimum atomic E-state index is -0.691. The molecule has 0 bridgehead atoms. The van der Waals surface area contributed by atoms with E-state index in [2.05, 4.69) is 32.9 Å². The third-order valence-electron chi connectivity index (χ3n) is 3.39. The summed E-state index contributed by atoms with van der Waals surface area (Å²) in [6.07, 6.45) is 2.04. The second-order valence-electron chi connectivity index (χ2n) is 4.97. The van der Waals surface area contributed by atoms with Crippen molar-refractivity contribution in [3.05, 3.63) is 62.9 Å². The van der Waals surface area contributed by atoms with E-state index in [9.17, 15) is 9.59 Å². The SMILES string of the molecule is O=C(NCc1ccc(Cl)cc1)C1(I)Cc2c([nH]ccc2=O)S1. The number of aromatic amines is 1. The fourth-order valence-electron chi connectivity index (χ4n) is 2.22. The zero-order valence-corrected chi connectivity index (χ0v) is 15.1. The number of carbonyl (C=O) groups excluding carboxylic acids is 1. The highest BCUT2D eigenvalue weighted by atomic mass is 127. The predicted molar refractivity (Wildman–Crippen MR) is 96.7 cm³/mol. The van der Waals surface area contributed by atoms with Crippen LogP contribution >= 0.6 is 46.0 Å². The van der Waals surface area contributed by atoms with Crippen molar-refractivity contribution < 1.29 is 4.79 Å². The standard InChI is InChI=1S/C15H12ClIN2O2S/c16-10-3-1-9(2-4-10)8-19-14(21)15(17)7-11-12(20)5-6-18-13(11)22-15/h1-6H,7-8H2,(H,18,20)(H,19,21). The zero-order chi connectivity index (χ0) is 15.7. The van der Waals surface area contributed by atoms with Crippen LogP contribution in [0.2, 0.25) is 5.02 Å². The van der Waals surface area contributed by atoms with Gasteiger partial charge in [-0.25, -0.2) is 0 Å². The number of halogens is 2. The van der Waals surface area contributed by atoms with E-state index in [1.807, 2.05) is 12.1 Å². The molecular formula is C15H12ClIN2O2S. The van der Waals surface area contributed by atoms with Crippen molar-refractivity contribution in [3.8, 4) is 0 Å². The van der Waals surface area contributed by atoms with Crippen molar-refractivity contribution >= 4 is 51.9 Å². The van der Waals surface area contributed by atoms with Gasteiger partial charge in [-0.3, -0.25) is 9.59 Å². The summed E-state index contributed by atoms with van der Waals surface area (Å²) < 4.78 is -0.691. The summed E-state index contributed by atoms with van der Waals surface area (Å²) in [5, 5.41) is 4.38. The number of fused-ring (bicyclic) bond motifs is 1. The number of pyridine rings is 1. The number of alkyl halides is 1. The Bertz CT molecular complexity index is 778. The first-order valence-electron chi connectivity index (χ1n) is 6.59. The Kier molecular flexibility index (Phi) is 4.52. The maximum Gasteiger partial charge on any atom is 0.247 e. The van der Waals surface area contributed by atoms with Gasteiger partial charge in [0.25, 0.3) is 0 Å². The first-order chi connectivity index (χ1) is 10.5. The van der Waals surface area contributed by atoms with E-state index in [4.69, 9.17) is 11.6 Å². The molecule has 22 heavy (non-hydrogen) atoms. The number of aromatic nitrogens is 1. The van der Waals surface area contributed by atoms with Crippen molar-refractivity contribution in [2.75, 3.05) is 0 Å². The molecule has 1 aliphatic rings. The molecule has 2 N–H and O–H groups in total. The third kappa shape index (κ3) is 3.18. The number of hydrogen-bond acceptors (Lipinski definition) is 3. The Morgan fingerprint density at radius 3 is 2.77 bits per heavy atom. The second-order valence-corrected chi connectivity index (χ2v) is 9.29. The molecule has 0 saturated carbocycles. The lowest BCUT2D eigenvalue weighted by molar-refractivity contribution is -0.121. The van der Waals surface area contributed by atoms with Crippen LogP contribution in [0, 0.1) is 0 Å². The second kappa shape index (κ2) is 6.25. The molecule has 0 fully saturated rings. The topological polar surface area (TPSA) is 62.0 Å². The molecule has 1 amide bonds. The van der Waals surface area contributed by atoms with Gasteiger partial charge < -0.3 is 10.3 Å². The van der Waals surface area contributed by atoms with Crippen LogP contribution in [-0.2, 0) is 17.8 Å². The number of amides is 1. The zero-order valence-electron chi connectivity index (χ0n) is 11.4. The summed E-state index contributed by atoms with van der Waals surface area (Å²) in [4.78, 5) is 27.4. The Morgan fingerprint density at radius 2 is 2.09 bits per heavy atom. The third-order valence-corrected chi connectivity index (χ3v) is 6.40. The normalized spacial score (nSPS) is 19.7. The van der Waals surface area contributed by atoms with Crippen molar-refractivity contribution in [2.45, 2.75) is 20.7 Å². The van der Waals surface area contributed by atoms with Crippen LogP contribution in [0.25, 0.3) is 0 Å². The van der Waals surface area contributed by atoms with E-state index in [1.54, 1.807) is 18.3 Å². The van der Waals surface area contributed by atoms with Crippen LogP contribution in [0.15, 0.2) is 46.3 Å². The molecule has 4 nitrogen and oxygen atoms in total. The molecule has 1 atom stereocenters. The number of H-pyrrole nitrogens is 1. The summed E-state index contributed by atoms with van der Waals surface area (Å²) in [7, 11) is 0. The molecule has 3 rings (SSSR count). The molecule has 1 aliphatic heterocycles. The molecule has 0 spiro atoms. The largest absolute Gasteiger partial charge is 0.356 e. The van der Waals surface area contributed by atoms with Crippen LogP contribution < -0.4 is 10.7 Å². The molecule has 0 radical (unpaired) electrons. The van der Waals surface area contributed by atoms with E-state index in [-0.39, 0.29) is 11.3 Å². The van der Waals surface area contributed by atoms with Crippen molar-refractivity contribution in [3.63, 3.8) is 0 Å². The van der Waals surface area contributed by atoms with Crippen LogP contribution in [0.1, 0.15) is 11.1 Å². The van der Waals surface area contributed by atoms with Crippen LogP contribution in [0.3, 0.4) is 0 Å². The van der Waals surface area contributed by atoms with Gasteiger partial charge in [-0.15, -0.1) is 0 Å². The summed E-state index contributed by atoms with van der Waals surface area (Å²) in [5.41, 5.74) is 1.64. The highest BCUT2D eigenvalue weighted by Gasteiger charge is 2.44. The molecule has 0 saturated heterocycles. The van der Waals surface area contributed by atoms with Gasteiger partial charge in [0, 0.05) is 35.8 Å². The minimum absolute atomic E-state index is 0.0229. The first kappa shape index (κ1) is 15.9. The highest BCUT2D eigenvalue weighted by molar-refractivity contribution is 14.1. The average Bonchev–Trinajstić information content (AvgIpc) is 2.86. The van der Waals surface area contributed by atoms with Gasteiger partial charge in [0.1, 0.15) is 0 Å². The number of thioether (sulfide) groups is 1. The molecular weight excluding hydrogens is 435 g/mol. The lowest BCUT2D eigenvalue weighted by Gasteiger charge is -2.19. The Labute approximate surface area is 150 Å². The summed E-state index contributed by atoms with van der Waals surface area (Å²) in [6.45, 7) is 0.436. The Morgan fingerprint density at radius 1 is 1.36 bits per heavy atom. The predicted octanol–water partition coefficient (Wildman–Crippen LogP) is 3.12. The number of nitrogens with one attached hydrogen (secondary N) is 2. The van der Waals surface area contributed by atoms with E-state index >= 15 is 0 Å². The van der Waals surface area contributed by atoms with Crippen molar-refractivity contribution in [1.29, 1.82) is 0 Å². The van der Waals surface area contributed by atoms with E-state index in [0.29, 0.717) is 23.6 Å². The fourth-order valence-corrected chi connectivity index (χ4v) is 4.71. The number of benzene rings is 1. The molecule has 1 aromatic carbocycles. The maximum absolute atomic E-state index is 12.5. The summed E-state index contributed by atoms with van der Waals surface area (Å²) in [5.74, 6) is -0.0861. The minimum Gasteiger partial charge on any atom is -0.356 e. The molecule has 0 aliphatic carbocycles. The maximum atomic E-state index is 12.5. The number of carbonyl (C=O) groups is 1. The Balaban J connectivity index is 1.69. The van der Waals surface area contributed by atoms with E-state index in [1.165, 1.54) is 17.8 Å². The smallest absolute Gasteiger partial charge is 0.247 e. The monoisotopic (exact) mass is 446 g/mol. The van der Waals surface area contributed by atoms with Crippen LogP contribution in [-0.4, -0.2) is 13.6 Å². The van der Waals surface area contributed by atoms with Crippen LogP contribution in [0.4, 0.5) is 0 Å². The lowest BCUT2D eigenvalue weighted by atomic mass is 10.1. The van der Waals surface area contributed by atoms with Gasteiger partial charge in [-0.05, 0) is 17.7 Å². The quantitative estimate of drug-likeness (QED) is 0.562. The van der Waals surface area contributed by atoms with Gasteiger partial charge in [0.15, 0.2) is 8.18 Å². The molecule has 1 unspecified atom stereocenters. The first-order valence-corrected chi connectivity index (χ1v) is 8.86. The summed E-state index contributed by atoms with van der Waals surface area (Å²) in [6, 6.07) is 8.84. The lowest BCUT2D eigenvalue weighted by Crippen LogP contribution is -2.39. The molecule has 114 valence electrons. The summed E-state index contributed by atoms with van der Waals surface area (Å²) >= 11 is 9.36. The van der Waals surface area contributed by atoms with Crippen molar-refractivity contribution in [1.82, 2.24) is 10.3 Å². The van der Waals surface area contributed by atoms with Gasteiger partial charge in [-0.2, -0.15) is 0 Å². The molecule has 7 heteroatoms. The van der Waals surface area contributed by atoms with E-state index < -0.39 is 2.75 Å². The number of hydrogen-bond donors (Lipinski definition) is 2. The molecule has 2 aromatic rings. The highest BCUT2D eigenvalue weighted by Crippen LogP contribution is 2.47. The molecule has 1 aromatic heterocycles. The van der Waals surface area contributed by atoms with E-state index in [0.717, 1.165) is 10.6 Å². The number of rotatable bonds is 3. The average molecular weight is 447 g/mol. The fraction of sp³-hybridized carbons (Fsp3) is 0.200. The van der Waals surface area contributed by atoms with Gasteiger partial charge in [0.05, 0.1) is 5.03 Å². The van der Waals surface area contributed by atoms with Crippen LogP contribution in [0.5, 0.6) is 0 Å². The molecule has 2 heterocycles. The van der Waals surface area contributed by atoms with Gasteiger partial charge in [-0.1, -0.05) is 58.1 Å². The van der Waals surface area contributed by atoms with Gasteiger partial charge >= 0.3 is 0 Å². The van der Waals surface area contributed by atoms with Gasteiger partial charge in [0.2, 0.25) is 5.91 Å². The van der Waals surface area contributed by atoms with Crippen molar-refractivity contribution in [2.24, 2.45) is 0 Å².